The lowest BCUT2D eigenvalue weighted by molar-refractivity contribution is -0.140. The van der Waals surface area contributed by atoms with Crippen molar-refractivity contribution in [2.45, 2.75) is 45.8 Å². The summed E-state index contributed by atoms with van der Waals surface area (Å²) in [5.74, 6) is -1.60. The number of carbonyl (C=O) groups excluding carboxylic acids is 2. The molecule has 2 aromatic rings. The van der Waals surface area contributed by atoms with Crippen molar-refractivity contribution in [3.63, 3.8) is 0 Å². The summed E-state index contributed by atoms with van der Waals surface area (Å²) in [6.07, 6.45) is 0.944. The largest absolute Gasteiger partial charge is 0.350 e. The number of rotatable bonds is 8. The molecule has 0 saturated carbocycles. The number of sulfonamides is 1. The molecule has 0 heterocycles. The van der Waals surface area contributed by atoms with Gasteiger partial charge in [-0.3, -0.25) is 13.9 Å². The molecule has 10 heteroatoms. The van der Waals surface area contributed by atoms with Crippen molar-refractivity contribution in [1.29, 1.82) is 0 Å². The van der Waals surface area contributed by atoms with Gasteiger partial charge in [0, 0.05) is 16.6 Å². The molecule has 2 aromatic carbocycles. The van der Waals surface area contributed by atoms with Crippen LogP contribution >= 0.6 is 15.9 Å². The lowest BCUT2D eigenvalue weighted by Gasteiger charge is -2.33. The Kier molecular flexibility index (Phi) is 8.64. The van der Waals surface area contributed by atoms with Crippen LogP contribution in [0.15, 0.2) is 53.0 Å². The maximum atomic E-state index is 13.8. The first kappa shape index (κ1) is 26.8. The molecule has 0 spiro atoms. The third kappa shape index (κ3) is 8.12. The first-order valence-electron chi connectivity index (χ1n) is 10.3. The van der Waals surface area contributed by atoms with Gasteiger partial charge in [0.1, 0.15) is 18.4 Å². The highest BCUT2D eigenvalue weighted by atomic mass is 79.9. The monoisotopic (exact) mass is 541 g/mol. The standard InChI is InChI=1S/C23H29BrFN3O4S/c1-16(22(30)26-23(2,3)4)27(14-17-8-6-9-18(24)12-17)21(29)15-28(33(5,31)32)20-11-7-10-19(25)13-20/h6-13,16H,14-15H2,1-5H3,(H,26,30)/t16-/m1/s1. The highest BCUT2D eigenvalue weighted by Crippen LogP contribution is 2.21. The summed E-state index contributed by atoms with van der Waals surface area (Å²) in [4.78, 5) is 27.6. The molecule has 1 N–H and O–H groups in total. The van der Waals surface area contributed by atoms with Crippen LogP contribution in [0.5, 0.6) is 0 Å². The van der Waals surface area contributed by atoms with E-state index < -0.39 is 39.9 Å². The highest BCUT2D eigenvalue weighted by molar-refractivity contribution is 9.10. The zero-order valence-electron chi connectivity index (χ0n) is 19.3. The molecule has 0 fully saturated rings. The summed E-state index contributed by atoms with van der Waals surface area (Å²) in [6.45, 7) is 6.57. The lowest BCUT2D eigenvalue weighted by atomic mass is 10.1. The fourth-order valence-corrected chi connectivity index (χ4v) is 4.42. The Morgan fingerprint density at radius 3 is 2.30 bits per heavy atom. The summed E-state index contributed by atoms with van der Waals surface area (Å²) >= 11 is 3.39. The fourth-order valence-electron chi connectivity index (χ4n) is 3.13. The molecule has 2 rings (SSSR count). The average Bonchev–Trinajstić information content (AvgIpc) is 2.67. The molecular formula is C23H29BrFN3O4S. The Labute approximate surface area is 203 Å². The van der Waals surface area contributed by atoms with E-state index in [4.69, 9.17) is 0 Å². The molecule has 33 heavy (non-hydrogen) atoms. The van der Waals surface area contributed by atoms with Gasteiger partial charge in [-0.1, -0.05) is 34.1 Å². The molecule has 0 aromatic heterocycles. The molecule has 7 nitrogen and oxygen atoms in total. The van der Waals surface area contributed by atoms with Crippen LogP contribution < -0.4 is 9.62 Å². The van der Waals surface area contributed by atoms with Gasteiger partial charge in [0.2, 0.25) is 21.8 Å². The highest BCUT2D eigenvalue weighted by Gasteiger charge is 2.31. The molecule has 180 valence electrons. The van der Waals surface area contributed by atoms with Crippen LogP contribution in [0.3, 0.4) is 0 Å². The summed E-state index contributed by atoms with van der Waals surface area (Å²) in [7, 11) is -3.91. The Morgan fingerprint density at radius 1 is 1.12 bits per heavy atom. The van der Waals surface area contributed by atoms with Crippen LogP contribution in [0.4, 0.5) is 10.1 Å². The van der Waals surface area contributed by atoms with Crippen LogP contribution in [0.2, 0.25) is 0 Å². The smallest absolute Gasteiger partial charge is 0.244 e. The minimum Gasteiger partial charge on any atom is -0.350 e. The van der Waals surface area contributed by atoms with E-state index in [-0.39, 0.29) is 18.1 Å². The number of carbonyl (C=O) groups is 2. The number of anilines is 1. The third-order valence-electron chi connectivity index (χ3n) is 4.68. The van der Waals surface area contributed by atoms with Crippen LogP contribution in [0.1, 0.15) is 33.3 Å². The topological polar surface area (TPSA) is 86.8 Å². The van der Waals surface area contributed by atoms with E-state index in [9.17, 15) is 22.4 Å². The summed E-state index contributed by atoms with van der Waals surface area (Å²) in [6, 6.07) is 11.4. The van der Waals surface area contributed by atoms with Gasteiger partial charge in [0.05, 0.1) is 11.9 Å². The Morgan fingerprint density at radius 2 is 1.76 bits per heavy atom. The SMILES string of the molecule is C[C@H](C(=O)NC(C)(C)C)N(Cc1cccc(Br)c1)C(=O)CN(c1cccc(F)c1)S(C)(=O)=O. The number of amides is 2. The number of halogens is 2. The van der Waals surface area contributed by atoms with Gasteiger partial charge < -0.3 is 10.2 Å². The van der Waals surface area contributed by atoms with Crippen molar-refractivity contribution < 1.29 is 22.4 Å². The zero-order valence-corrected chi connectivity index (χ0v) is 21.7. The predicted molar refractivity (Wildman–Crippen MR) is 131 cm³/mol. The van der Waals surface area contributed by atoms with Crippen molar-refractivity contribution >= 4 is 43.5 Å². The van der Waals surface area contributed by atoms with E-state index in [1.54, 1.807) is 19.1 Å². The minimum absolute atomic E-state index is 0.0278. The predicted octanol–water partition coefficient (Wildman–Crippen LogP) is 3.69. The van der Waals surface area contributed by atoms with Gasteiger partial charge >= 0.3 is 0 Å². The Balaban J connectivity index is 2.41. The van der Waals surface area contributed by atoms with Crippen molar-refractivity contribution in [1.82, 2.24) is 10.2 Å². The van der Waals surface area contributed by atoms with Crippen molar-refractivity contribution in [3.05, 3.63) is 64.4 Å². The number of benzene rings is 2. The maximum Gasteiger partial charge on any atom is 0.244 e. The van der Waals surface area contributed by atoms with Gasteiger partial charge in [-0.25, -0.2) is 12.8 Å². The second-order valence-electron chi connectivity index (χ2n) is 8.82. The van der Waals surface area contributed by atoms with Crippen molar-refractivity contribution in [3.8, 4) is 0 Å². The van der Waals surface area contributed by atoms with Crippen LogP contribution in [-0.2, 0) is 26.2 Å². The number of hydrogen-bond donors (Lipinski definition) is 1. The minimum atomic E-state index is -3.91. The summed E-state index contributed by atoms with van der Waals surface area (Å²) in [5.41, 5.74) is 0.265. The second-order valence-corrected chi connectivity index (χ2v) is 11.6. The van der Waals surface area contributed by atoms with Crippen LogP contribution in [-0.4, -0.2) is 49.5 Å². The fraction of sp³-hybridized carbons (Fsp3) is 0.391. The Hall–Kier alpha value is -2.46. The maximum absolute atomic E-state index is 13.8. The van der Waals surface area contributed by atoms with E-state index in [0.717, 1.165) is 26.7 Å². The van der Waals surface area contributed by atoms with E-state index in [0.29, 0.717) is 0 Å². The van der Waals surface area contributed by atoms with Gasteiger partial charge in [0.15, 0.2) is 0 Å². The van der Waals surface area contributed by atoms with E-state index in [1.807, 2.05) is 32.9 Å². The molecule has 2 amide bonds. The number of nitrogens with one attached hydrogen (secondary N) is 1. The molecular weight excluding hydrogens is 513 g/mol. The summed E-state index contributed by atoms with van der Waals surface area (Å²) in [5, 5.41) is 2.85. The normalized spacial score (nSPS) is 12.7. The van der Waals surface area contributed by atoms with E-state index >= 15 is 0 Å². The summed E-state index contributed by atoms with van der Waals surface area (Å²) < 4.78 is 40.3. The van der Waals surface area contributed by atoms with Gasteiger partial charge in [0.25, 0.3) is 0 Å². The molecule has 0 aliphatic carbocycles. The molecule has 0 unspecified atom stereocenters. The average molecular weight is 542 g/mol. The van der Waals surface area contributed by atoms with Crippen LogP contribution in [0, 0.1) is 5.82 Å². The van der Waals surface area contributed by atoms with E-state index in [1.165, 1.54) is 23.1 Å². The zero-order chi connectivity index (χ0) is 25.0. The van der Waals surface area contributed by atoms with Crippen LogP contribution in [0.25, 0.3) is 0 Å². The third-order valence-corrected chi connectivity index (χ3v) is 6.32. The van der Waals surface area contributed by atoms with Crippen molar-refractivity contribution in [2.24, 2.45) is 0 Å². The Bertz CT molecular complexity index is 1120. The first-order chi connectivity index (χ1) is 15.2. The molecule has 1 atom stereocenters. The quantitative estimate of drug-likeness (QED) is 0.552. The molecule has 0 aliphatic rings. The molecule has 0 saturated heterocycles. The number of hydrogen-bond acceptors (Lipinski definition) is 4. The molecule has 0 bridgehead atoms. The number of nitrogens with zero attached hydrogens (tertiary/aromatic N) is 2. The second kappa shape index (κ2) is 10.6. The molecule has 0 aliphatic heterocycles. The van der Waals surface area contributed by atoms with Gasteiger partial charge in [-0.2, -0.15) is 0 Å². The lowest BCUT2D eigenvalue weighted by Crippen LogP contribution is -2.54. The van der Waals surface area contributed by atoms with Crippen molar-refractivity contribution in [2.75, 3.05) is 17.1 Å². The first-order valence-corrected chi connectivity index (χ1v) is 12.9. The molecule has 0 radical (unpaired) electrons. The van der Waals surface area contributed by atoms with Gasteiger partial charge in [-0.05, 0) is 63.6 Å². The van der Waals surface area contributed by atoms with Gasteiger partial charge in [-0.15, -0.1) is 0 Å². The van der Waals surface area contributed by atoms with E-state index in [2.05, 4.69) is 21.2 Å².